The highest BCUT2D eigenvalue weighted by molar-refractivity contribution is 7.80. The summed E-state index contributed by atoms with van der Waals surface area (Å²) < 4.78 is 29.8. The van der Waals surface area contributed by atoms with Crippen molar-refractivity contribution in [1.82, 2.24) is 10.2 Å². The van der Waals surface area contributed by atoms with Crippen LogP contribution in [-0.4, -0.2) is 51.5 Å². The normalized spacial score (nSPS) is 23.6. The molecule has 2 aliphatic rings. The van der Waals surface area contributed by atoms with Crippen molar-refractivity contribution in [2.75, 3.05) is 24.5 Å². The van der Waals surface area contributed by atoms with E-state index in [4.69, 9.17) is 4.74 Å². The number of ether oxygens (including phenoxy) is 1. The minimum atomic E-state index is -2.14. The molecule has 2 aliphatic heterocycles. The van der Waals surface area contributed by atoms with Crippen LogP contribution < -0.4 is 14.4 Å². The van der Waals surface area contributed by atoms with Crippen LogP contribution in [0.15, 0.2) is 78.9 Å². The second kappa shape index (κ2) is 13.1. The minimum absolute atomic E-state index is 0.249. The average Bonchev–Trinajstić information content (AvgIpc) is 3.30. The molecule has 5 atom stereocenters. The van der Waals surface area contributed by atoms with Gasteiger partial charge in [0.15, 0.2) is 0 Å². The number of hydrogen-bond acceptors (Lipinski definition) is 4. The second-order valence-corrected chi connectivity index (χ2v) is 13.3. The van der Waals surface area contributed by atoms with Crippen LogP contribution in [0.2, 0.25) is 0 Å². The Morgan fingerprint density at radius 2 is 1.66 bits per heavy atom. The van der Waals surface area contributed by atoms with Crippen LogP contribution in [0.1, 0.15) is 69.1 Å². The lowest BCUT2D eigenvalue weighted by Crippen LogP contribution is -2.48. The van der Waals surface area contributed by atoms with Crippen LogP contribution in [0, 0.1) is 5.92 Å². The maximum absolute atomic E-state index is 12.3. The highest BCUT2D eigenvalue weighted by Crippen LogP contribution is 2.41. The molecule has 2 fully saturated rings. The van der Waals surface area contributed by atoms with Crippen LogP contribution in [0.5, 0.6) is 5.75 Å². The molecule has 6 nitrogen and oxygen atoms in total. The Hall–Kier alpha value is -2.71. The zero-order chi connectivity index (χ0) is 29.0. The molecule has 220 valence electrons. The van der Waals surface area contributed by atoms with Crippen LogP contribution in [0.25, 0.3) is 0 Å². The van der Waals surface area contributed by atoms with Crippen molar-refractivity contribution in [2.24, 2.45) is 5.92 Å². The third-order valence-corrected chi connectivity index (χ3v) is 9.81. The summed E-state index contributed by atoms with van der Waals surface area (Å²) in [5.41, 5.74) is 3.89. The van der Waals surface area contributed by atoms with Gasteiger partial charge >= 0.3 is 0 Å². The zero-order valence-electron chi connectivity index (χ0n) is 24.8. The summed E-state index contributed by atoms with van der Waals surface area (Å²) in [6.07, 6.45) is 5.01. The van der Waals surface area contributed by atoms with Gasteiger partial charge in [-0.1, -0.05) is 73.5 Å². The summed E-state index contributed by atoms with van der Waals surface area (Å²) in [5.74, 6) is 1.59. The van der Waals surface area contributed by atoms with Gasteiger partial charge < -0.3 is 10.1 Å². The molecule has 3 aromatic rings. The van der Waals surface area contributed by atoms with Crippen LogP contribution in [0.4, 0.5) is 5.69 Å². The van der Waals surface area contributed by atoms with Crippen molar-refractivity contribution in [2.45, 2.75) is 76.5 Å². The molecule has 7 heteroatoms. The van der Waals surface area contributed by atoms with Crippen molar-refractivity contribution in [3.63, 3.8) is 0 Å². The molecule has 2 heterocycles. The van der Waals surface area contributed by atoms with Gasteiger partial charge in [-0.25, -0.2) is 4.21 Å². The molecule has 0 spiro atoms. The lowest BCUT2D eigenvalue weighted by molar-refractivity contribution is 0.209. The van der Waals surface area contributed by atoms with Crippen molar-refractivity contribution < 1.29 is 13.5 Å². The molecule has 0 radical (unpaired) electrons. The van der Waals surface area contributed by atoms with Gasteiger partial charge in [0.2, 0.25) is 0 Å². The van der Waals surface area contributed by atoms with Crippen molar-refractivity contribution in [3.8, 4) is 5.75 Å². The van der Waals surface area contributed by atoms with E-state index in [2.05, 4.69) is 70.9 Å². The first-order valence-corrected chi connectivity index (χ1v) is 16.0. The van der Waals surface area contributed by atoms with E-state index < -0.39 is 16.8 Å². The highest BCUT2D eigenvalue weighted by Gasteiger charge is 2.46. The zero-order valence-corrected chi connectivity index (χ0v) is 25.6. The number of methoxy groups -OCH3 is 1. The topological polar surface area (TPSA) is 65.0 Å². The summed E-state index contributed by atoms with van der Waals surface area (Å²) >= 11 is -2.14. The summed E-state index contributed by atoms with van der Waals surface area (Å²) in [6, 6.07) is 28.3. The lowest BCUT2D eigenvalue weighted by atomic mass is 9.79. The summed E-state index contributed by atoms with van der Waals surface area (Å²) in [5, 5.41) is 4.03. The molecule has 2 bridgehead atoms. The minimum Gasteiger partial charge on any atom is -0.496 e. The summed E-state index contributed by atoms with van der Waals surface area (Å²) in [7, 11) is 1.69. The van der Waals surface area contributed by atoms with Crippen LogP contribution in [-0.2, 0) is 17.8 Å². The van der Waals surface area contributed by atoms with Gasteiger partial charge in [0, 0.05) is 42.2 Å². The Kier molecular flexibility index (Phi) is 9.49. The van der Waals surface area contributed by atoms with Gasteiger partial charge in [0.25, 0.3) is 11.3 Å². The van der Waals surface area contributed by atoms with Gasteiger partial charge in [-0.15, -0.1) is 0 Å². The van der Waals surface area contributed by atoms with E-state index in [1.54, 1.807) is 11.4 Å². The Labute approximate surface area is 248 Å². The van der Waals surface area contributed by atoms with Gasteiger partial charge in [-0.2, -0.15) is 0 Å². The van der Waals surface area contributed by atoms with E-state index >= 15 is 0 Å². The highest BCUT2D eigenvalue weighted by atomic mass is 32.2. The number of hydrogen-bond donors (Lipinski definition) is 2. The fourth-order valence-corrected chi connectivity index (χ4v) is 7.80. The van der Waals surface area contributed by atoms with Gasteiger partial charge in [-0.05, 0) is 75.4 Å². The number of anilines is 1. The molecule has 5 unspecified atom stereocenters. The van der Waals surface area contributed by atoms with E-state index in [0.717, 1.165) is 24.4 Å². The monoisotopic (exact) mass is 575 g/mol. The standard InChI is InChI=1S/C34H45N3O3S/c1-34(2,3)37(41(38)39)29-19-20-30(40-4)28(22-29)23-35-32-27-18-12-7-13-21-36(24-27)33(32)31(25-14-8-5-9-15-25)26-16-10-6-11-17-26/h5-6,8-11,14-17,19-20,22,27,31-33,35H,7,12-13,18,21,23-24H2,1-4H3,(H,38,39). The first-order chi connectivity index (χ1) is 19.8. The molecule has 0 saturated carbocycles. The Balaban J connectivity index is 1.51. The predicted molar refractivity (Wildman–Crippen MR) is 169 cm³/mol. The van der Waals surface area contributed by atoms with E-state index in [1.807, 2.05) is 39.0 Å². The van der Waals surface area contributed by atoms with Crippen LogP contribution in [0.3, 0.4) is 0 Å². The van der Waals surface area contributed by atoms with Gasteiger partial charge in [0.05, 0.1) is 12.8 Å². The quantitative estimate of drug-likeness (QED) is 0.282. The molecule has 2 N–H and O–H groups in total. The SMILES string of the molecule is COc1ccc(N(S(=O)O)C(C)(C)C)cc1CNC1C2CCCCCN(C2)C1C(c1ccccc1)c1ccccc1. The Morgan fingerprint density at radius 3 is 2.24 bits per heavy atom. The largest absolute Gasteiger partial charge is 0.496 e. The lowest BCUT2D eigenvalue weighted by Gasteiger charge is -2.37. The molecule has 0 aromatic heterocycles. The molecular weight excluding hydrogens is 530 g/mol. The van der Waals surface area contributed by atoms with Crippen molar-refractivity contribution in [3.05, 3.63) is 95.6 Å². The third-order valence-electron chi connectivity index (χ3n) is 8.74. The summed E-state index contributed by atoms with van der Waals surface area (Å²) in [6.45, 7) is 8.68. The Bertz CT molecular complexity index is 1260. The van der Waals surface area contributed by atoms with Gasteiger partial charge in [-0.3, -0.25) is 13.8 Å². The third kappa shape index (κ3) is 6.69. The van der Waals surface area contributed by atoms with E-state index in [1.165, 1.54) is 36.8 Å². The molecule has 5 rings (SSSR count). The molecule has 3 aromatic carbocycles. The molecular formula is C34H45N3O3S. The predicted octanol–water partition coefficient (Wildman–Crippen LogP) is 6.60. The maximum Gasteiger partial charge on any atom is 0.262 e. The molecule has 41 heavy (non-hydrogen) atoms. The summed E-state index contributed by atoms with van der Waals surface area (Å²) in [4.78, 5) is 2.75. The number of nitrogens with zero attached hydrogens (tertiary/aromatic N) is 2. The van der Waals surface area contributed by atoms with Crippen molar-refractivity contribution >= 4 is 17.0 Å². The maximum atomic E-state index is 12.3. The van der Waals surface area contributed by atoms with E-state index in [-0.39, 0.29) is 12.0 Å². The van der Waals surface area contributed by atoms with Crippen molar-refractivity contribution in [1.29, 1.82) is 0 Å². The number of fused-ring (bicyclic) bond motifs is 2. The van der Waals surface area contributed by atoms with Gasteiger partial charge in [0.1, 0.15) is 5.75 Å². The number of nitrogens with one attached hydrogen (secondary N) is 1. The molecule has 0 aliphatic carbocycles. The molecule has 2 saturated heterocycles. The van der Waals surface area contributed by atoms with E-state index in [9.17, 15) is 8.76 Å². The smallest absolute Gasteiger partial charge is 0.262 e. The van der Waals surface area contributed by atoms with E-state index in [0.29, 0.717) is 24.2 Å². The fourth-order valence-electron chi connectivity index (χ4n) is 7.03. The number of rotatable bonds is 9. The first kappa shape index (κ1) is 29.8. The second-order valence-electron chi connectivity index (χ2n) is 12.5. The Morgan fingerprint density at radius 1 is 1.00 bits per heavy atom. The van der Waals surface area contributed by atoms with Crippen LogP contribution >= 0.6 is 0 Å². The fraction of sp³-hybridized carbons (Fsp3) is 0.471. The average molecular weight is 576 g/mol. The molecule has 0 amide bonds. The first-order valence-electron chi connectivity index (χ1n) is 14.9. The number of benzene rings is 3.